The maximum Gasteiger partial charge on any atom is 0.416 e. The van der Waals surface area contributed by atoms with Crippen LogP contribution in [0.3, 0.4) is 0 Å². The van der Waals surface area contributed by atoms with Crippen LogP contribution in [-0.4, -0.2) is 48.3 Å². The average molecular weight is 554 g/mol. The molecule has 0 radical (unpaired) electrons. The Bertz CT molecular complexity index is 1130. The van der Waals surface area contributed by atoms with Gasteiger partial charge in [-0.15, -0.1) is 0 Å². The Labute approximate surface area is 225 Å². The first kappa shape index (κ1) is 30.4. The van der Waals surface area contributed by atoms with E-state index in [1.807, 2.05) is 0 Å². The molecule has 3 rings (SSSR count). The summed E-state index contributed by atoms with van der Waals surface area (Å²) in [6, 6.07) is 7.25. The zero-order valence-electron chi connectivity index (χ0n) is 22.0. The minimum absolute atomic E-state index is 0.0459. The minimum atomic E-state index is -4.47. The molecular weight excluding hydrogens is 518 g/mol. The summed E-state index contributed by atoms with van der Waals surface area (Å²) in [6.07, 6.45) is -4.33. The number of hydrogen-bond acceptors (Lipinski definition) is 5. The Hall–Kier alpha value is -3.18. The van der Waals surface area contributed by atoms with Gasteiger partial charge in [0.05, 0.1) is 24.3 Å². The highest BCUT2D eigenvalue weighted by molar-refractivity contribution is 5.88. The lowest BCUT2D eigenvalue weighted by Gasteiger charge is -2.29. The molecule has 0 saturated carbocycles. The lowest BCUT2D eigenvalue weighted by Crippen LogP contribution is -2.56. The van der Waals surface area contributed by atoms with Gasteiger partial charge in [-0.2, -0.15) is 13.2 Å². The highest BCUT2D eigenvalue weighted by Gasteiger charge is 2.31. The van der Waals surface area contributed by atoms with Gasteiger partial charge in [0.1, 0.15) is 17.6 Å². The maximum absolute atomic E-state index is 14.3. The van der Waals surface area contributed by atoms with Crippen LogP contribution in [-0.2, 0) is 28.7 Å². The molecule has 39 heavy (non-hydrogen) atoms. The van der Waals surface area contributed by atoms with Crippen molar-refractivity contribution in [2.24, 2.45) is 5.92 Å². The third kappa shape index (κ3) is 9.50. The van der Waals surface area contributed by atoms with Crippen LogP contribution in [0.2, 0.25) is 0 Å². The SMILES string of the molecule is CC(C)C1NC(=O)CCCCOc2cc(F)cc(c2)C[C@@H]([C@H](O)CNCc2cccc(C(F)(F)F)c2)NC1=O. The minimum Gasteiger partial charge on any atom is -0.493 e. The Morgan fingerprint density at radius 1 is 1.10 bits per heavy atom. The van der Waals surface area contributed by atoms with Crippen molar-refractivity contribution in [2.45, 2.75) is 70.4 Å². The van der Waals surface area contributed by atoms with E-state index >= 15 is 0 Å². The summed E-state index contributed by atoms with van der Waals surface area (Å²) in [4.78, 5) is 25.7. The van der Waals surface area contributed by atoms with Crippen molar-refractivity contribution in [1.82, 2.24) is 16.0 Å². The molecule has 1 heterocycles. The lowest BCUT2D eigenvalue weighted by atomic mass is 9.98. The molecule has 1 unspecified atom stereocenters. The summed E-state index contributed by atoms with van der Waals surface area (Å²) in [5.41, 5.74) is 0.0761. The van der Waals surface area contributed by atoms with Gasteiger partial charge < -0.3 is 25.8 Å². The van der Waals surface area contributed by atoms with Crippen LogP contribution in [0.4, 0.5) is 17.6 Å². The molecule has 0 fully saturated rings. The number of nitrogens with one attached hydrogen (secondary N) is 3. The summed E-state index contributed by atoms with van der Waals surface area (Å²) in [7, 11) is 0. The summed E-state index contributed by atoms with van der Waals surface area (Å²) >= 11 is 0. The second-order valence-electron chi connectivity index (χ2n) is 10.1. The fourth-order valence-electron chi connectivity index (χ4n) is 4.35. The molecule has 7 nitrogen and oxygen atoms in total. The van der Waals surface area contributed by atoms with Gasteiger partial charge in [0, 0.05) is 25.6 Å². The number of aliphatic hydroxyl groups is 1. The molecule has 2 aromatic rings. The van der Waals surface area contributed by atoms with Gasteiger partial charge in [0.15, 0.2) is 0 Å². The Morgan fingerprint density at radius 3 is 2.59 bits per heavy atom. The third-order valence-corrected chi connectivity index (χ3v) is 6.45. The molecule has 4 N–H and O–H groups in total. The standard InChI is InChI=1S/C28H35F4N3O4/c1-17(2)26-27(38)34-23(24(36)16-33-15-18-6-5-7-20(10-18)28(30,31)32)13-19-11-21(29)14-22(12-19)39-9-4-3-8-25(37)35-26/h5-7,10-12,14,17,23-24,26,33,36H,3-4,8-9,13,15-16H2,1-2H3,(H,34,38)(H,35,37)/t23-,24+,26?/m0/s1. The monoisotopic (exact) mass is 553 g/mol. The lowest BCUT2D eigenvalue weighted by molar-refractivity contribution is -0.137. The van der Waals surface area contributed by atoms with E-state index in [0.717, 1.165) is 12.1 Å². The maximum atomic E-state index is 14.3. The zero-order valence-corrected chi connectivity index (χ0v) is 22.0. The van der Waals surface area contributed by atoms with Crippen molar-refractivity contribution in [3.63, 3.8) is 0 Å². The van der Waals surface area contributed by atoms with Gasteiger partial charge in [0.25, 0.3) is 0 Å². The predicted molar refractivity (Wildman–Crippen MR) is 137 cm³/mol. The summed E-state index contributed by atoms with van der Waals surface area (Å²) in [5, 5.41) is 19.5. The summed E-state index contributed by atoms with van der Waals surface area (Å²) in [6.45, 7) is 3.83. The Balaban J connectivity index is 1.79. The number of aliphatic hydroxyl groups excluding tert-OH is 1. The van der Waals surface area contributed by atoms with E-state index in [-0.39, 0.29) is 44.4 Å². The molecule has 0 aliphatic carbocycles. The van der Waals surface area contributed by atoms with Crippen molar-refractivity contribution < 1.29 is 37.0 Å². The number of hydrogen-bond donors (Lipinski definition) is 4. The molecule has 3 atom stereocenters. The van der Waals surface area contributed by atoms with E-state index in [2.05, 4.69) is 16.0 Å². The van der Waals surface area contributed by atoms with Gasteiger partial charge in [0.2, 0.25) is 11.8 Å². The number of carbonyl (C=O) groups is 2. The summed E-state index contributed by atoms with van der Waals surface area (Å²) in [5.74, 6) is -1.27. The molecule has 11 heteroatoms. The van der Waals surface area contributed by atoms with E-state index in [1.54, 1.807) is 19.9 Å². The normalized spacial score (nSPS) is 20.3. The number of carbonyl (C=O) groups excluding carboxylic acids is 2. The molecule has 0 aromatic heterocycles. The Morgan fingerprint density at radius 2 is 1.87 bits per heavy atom. The Kier molecular flexibility index (Phi) is 10.7. The van der Waals surface area contributed by atoms with Crippen LogP contribution in [0.1, 0.15) is 49.8 Å². The number of alkyl halides is 3. The smallest absolute Gasteiger partial charge is 0.416 e. The van der Waals surface area contributed by atoms with Crippen molar-refractivity contribution >= 4 is 11.8 Å². The highest BCUT2D eigenvalue weighted by atomic mass is 19.4. The molecule has 214 valence electrons. The second kappa shape index (κ2) is 13.7. The average Bonchev–Trinajstić information content (AvgIpc) is 2.85. The predicted octanol–water partition coefficient (Wildman–Crippen LogP) is 3.73. The van der Waals surface area contributed by atoms with Gasteiger partial charge in [-0.05, 0) is 54.5 Å². The molecule has 1 aliphatic rings. The van der Waals surface area contributed by atoms with Crippen LogP contribution in [0.15, 0.2) is 42.5 Å². The van der Waals surface area contributed by atoms with Crippen LogP contribution < -0.4 is 20.7 Å². The molecule has 2 aromatic carbocycles. The zero-order chi connectivity index (χ0) is 28.6. The van der Waals surface area contributed by atoms with Crippen molar-refractivity contribution in [3.8, 4) is 5.75 Å². The van der Waals surface area contributed by atoms with Gasteiger partial charge in [-0.3, -0.25) is 9.59 Å². The molecule has 1 aliphatic heterocycles. The first-order valence-electron chi connectivity index (χ1n) is 13.0. The van der Waals surface area contributed by atoms with E-state index < -0.39 is 41.7 Å². The number of benzene rings is 2. The van der Waals surface area contributed by atoms with E-state index in [1.165, 1.54) is 24.3 Å². The van der Waals surface area contributed by atoms with Crippen LogP contribution >= 0.6 is 0 Å². The first-order chi connectivity index (χ1) is 18.4. The number of ether oxygens (including phenoxy) is 1. The van der Waals surface area contributed by atoms with Crippen LogP contribution in [0.5, 0.6) is 5.75 Å². The van der Waals surface area contributed by atoms with Crippen LogP contribution in [0.25, 0.3) is 0 Å². The quantitative estimate of drug-likeness (QED) is 0.409. The van der Waals surface area contributed by atoms with Crippen molar-refractivity contribution in [1.29, 1.82) is 0 Å². The molecule has 0 saturated heterocycles. The van der Waals surface area contributed by atoms with Gasteiger partial charge in [-0.25, -0.2) is 4.39 Å². The number of halogens is 4. The van der Waals surface area contributed by atoms with Crippen molar-refractivity contribution in [2.75, 3.05) is 13.2 Å². The first-order valence-corrected chi connectivity index (χ1v) is 13.0. The fraction of sp³-hybridized carbons (Fsp3) is 0.500. The third-order valence-electron chi connectivity index (χ3n) is 6.45. The van der Waals surface area contributed by atoms with Crippen molar-refractivity contribution in [3.05, 3.63) is 65.0 Å². The number of fused-ring (bicyclic) bond motifs is 2. The van der Waals surface area contributed by atoms with E-state index in [0.29, 0.717) is 29.7 Å². The summed E-state index contributed by atoms with van der Waals surface area (Å²) < 4.78 is 59.1. The van der Waals surface area contributed by atoms with Crippen LogP contribution in [0, 0.1) is 11.7 Å². The number of amides is 2. The molecular formula is C28H35F4N3O4. The molecule has 2 bridgehead atoms. The van der Waals surface area contributed by atoms with Gasteiger partial charge >= 0.3 is 6.18 Å². The molecule has 0 spiro atoms. The number of rotatable bonds is 6. The topological polar surface area (TPSA) is 99.7 Å². The van der Waals surface area contributed by atoms with E-state index in [4.69, 9.17) is 4.74 Å². The van der Waals surface area contributed by atoms with Gasteiger partial charge in [-0.1, -0.05) is 32.0 Å². The second-order valence-corrected chi connectivity index (χ2v) is 10.1. The largest absolute Gasteiger partial charge is 0.493 e. The highest BCUT2D eigenvalue weighted by Crippen LogP contribution is 2.29. The van der Waals surface area contributed by atoms with E-state index in [9.17, 15) is 32.3 Å². The fourth-order valence-corrected chi connectivity index (χ4v) is 4.35. The molecule has 2 amide bonds.